The highest BCUT2D eigenvalue weighted by atomic mass is 32.1. The summed E-state index contributed by atoms with van der Waals surface area (Å²) in [6.07, 6.45) is 0. The first-order valence-corrected chi connectivity index (χ1v) is 4.35. The van der Waals surface area contributed by atoms with E-state index in [9.17, 15) is 4.79 Å². The van der Waals surface area contributed by atoms with Gasteiger partial charge >= 0.3 is 0 Å². The molecule has 3 N–H and O–H groups in total. The molecular formula is C7H8N4OS. The van der Waals surface area contributed by atoms with E-state index in [2.05, 4.69) is 10.3 Å². The van der Waals surface area contributed by atoms with Gasteiger partial charge in [-0.1, -0.05) is 11.3 Å². The molecule has 6 heteroatoms. The van der Waals surface area contributed by atoms with Crippen molar-refractivity contribution in [3.63, 3.8) is 0 Å². The van der Waals surface area contributed by atoms with E-state index in [0.717, 1.165) is 11.3 Å². The summed E-state index contributed by atoms with van der Waals surface area (Å²) in [5.74, 6) is -0.298. The Kier molecular flexibility index (Phi) is 2.82. The molecule has 1 amide bonds. The zero-order valence-electron chi connectivity index (χ0n) is 7.00. The lowest BCUT2D eigenvalue weighted by Gasteiger charge is -1.96. The number of nitrogen functional groups attached to an aromatic ring is 1. The Morgan fingerprint density at radius 1 is 1.85 bits per heavy atom. The number of rotatable bonds is 2. The maximum Gasteiger partial charge on any atom is 0.264 e. The van der Waals surface area contributed by atoms with E-state index in [0.29, 0.717) is 15.7 Å². The SMILES string of the molecule is Cc1nc(N)sc1C(=O)NCC#N. The van der Waals surface area contributed by atoms with Crippen molar-refractivity contribution in [1.82, 2.24) is 10.3 Å². The molecule has 0 aliphatic rings. The average Bonchev–Trinajstić information content (AvgIpc) is 2.41. The van der Waals surface area contributed by atoms with Crippen molar-refractivity contribution in [2.75, 3.05) is 12.3 Å². The molecule has 0 radical (unpaired) electrons. The number of hydrogen-bond donors (Lipinski definition) is 2. The number of thiazole rings is 1. The van der Waals surface area contributed by atoms with E-state index in [-0.39, 0.29) is 12.5 Å². The van der Waals surface area contributed by atoms with Gasteiger partial charge in [0.1, 0.15) is 11.4 Å². The van der Waals surface area contributed by atoms with E-state index in [4.69, 9.17) is 11.0 Å². The van der Waals surface area contributed by atoms with E-state index < -0.39 is 0 Å². The predicted octanol–water partition coefficient (Wildman–Crippen LogP) is 0.287. The maximum atomic E-state index is 11.3. The van der Waals surface area contributed by atoms with Crippen LogP contribution in [0.1, 0.15) is 15.4 Å². The van der Waals surface area contributed by atoms with Gasteiger partial charge in [0.05, 0.1) is 11.8 Å². The van der Waals surface area contributed by atoms with Crippen LogP contribution in [0.25, 0.3) is 0 Å². The summed E-state index contributed by atoms with van der Waals surface area (Å²) < 4.78 is 0. The molecule has 68 valence electrons. The van der Waals surface area contributed by atoms with E-state index in [1.807, 2.05) is 6.07 Å². The van der Waals surface area contributed by atoms with Crippen LogP contribution in [0, 0.1) is 18.3 Å². The highest BCUT2D eigenvalue weighted by molar-refractivity contribution is 7.17. The molecule has 1 aromatic heterocycles. The fraction of sp³-hybridized carbons (Fsp3) is 0.286. The Balaban J connectivity index is 2.78. The fourth-order valence-corrected chi connectivity index (χ4v) is 1.58. The minimum Gasteiger partial charge on any atom is -0.375 e. The number of carbonyl (C=O) groups excluding carboxylic acids is 1. The van der Waals surface area contributed by atoms with E-state index in [1.165, 1.54) is 0 Å². The van der Waals surface area contributed by atoms with Gasteiger partial charge in [-0.25, -0.2) is 4.98 Å². The van der Waals surface area contributed by atoms with Crippen LogP contribution in [-0.2, 0) is 0 Å². The van der Waals surface area contributed by atoms with Crippen LogP contribution in [-0.4, -0.2) is 17.4 Å². The third-order valence-electron chi connectivity index (χ3n) is 1.35. The van der Waals surface area contributed by atoms with Crippen LogP contribution < -0.4 is 11.1 Å². The van der Waals surface area contributed by atoms with Gasteiger partial charge < -0.3 is 11.1 Å². The molecule has 13 heavy (non-hydrogen) atoms. The maximum absolute atomic E-state index is 11.3. The predicted molar refractivity (Wildman–Crippen MR) is 49.2 cm³/mol. The highest BCUT2D eigenvalue weighted by Gasteiger charge is 2.12. The third-order valence-corrected chi connectivity index (χ3v) is 2.33. The molecule has 1 heterocycles. The number of carbonyl (C=O) groups is 1. The number of amides is 1. The van der Waals surface area contributed by atoms with E-state index >= 15 is 0 Å². The Morgan fingerprint density at radius 3 is 3.00 bits per heavy atom. The summed E-state index contributed by atoms with van der Waals surface area (Å²) in [6, 6.07) is 1.82. The second kappa shape index (κ2) is 3.87. The van der Waals surface area contributed by atoms with Crippen LogP contribution >= 0.6 is 11.3 Å². The molecule has 0 saturated heterocycles. The van der Waals surface area contributed by atoms with Gasteiger partial charge in [0.25, 0.3) is 5.91 Å². The van der Waals surface area contributed by atoms with Crippen molar-refractivity contribution in [3.8, 4) is 6.07 Å². The quantitative estimate of drug-likeness (QED) is 0.665. The first-order chi connectivity index (χ1) is 6.15. The van der Waals surface area contributed by atoms with Crippen LogP contribution in [0.5, 0.6) is 0 Å². The molecule has 0 spiro atoms. The lowest BCUT2D eigenvalue weighted by molar-refractivity contribution is 0.0962. The van der Waals surface area contributed by atoms with Crippen molar-refractivity contribution in [1.29, 1.82) is 5.26 Å². The van der Waals surface area contributed by atoms with Crippen LogP contribution in [0.4, 0.5) is 5.13 Å². The molecule has 0 saturated carbocycles. The van der Waals surface area contributed by atoms with Gasteiger partial charge in [0.2, 0.25) is 0 Å². The first kappa shape index (κ1) is 9.48. The van der Waals surface area contributed by atoms with Gasteiger partial charge in [-0.05, 0) is 6.92 Å². The molecule has 0 unspecified atom stereocenters. The van der Waals surface area contributed by atoms with Gasteiger partial charge in [-0.2, -0.15) is 5.26 Å². The molecule has 1 rings (SSSR count). The Labute approximate surface area is 79.2 Å². The molecule has 0 bridgehead atoms. The monoisotopic (exact) mass is 196 g/mol. The van der Waals surface area contributed by atoms with Crippen molar-refractivity contribution in [2.45, 2.75) is 6.92 Å². The normalized spacial score (nSPS) is 9.23. The highest BCUT2D eigenvalue weighted by Crippen LogP contribution is 2.18. The number of hydrogen-bond acceptors (Lipinski definition) is 5. The summed E-state index contributed by atoms with van der Waals surface area (Å²) in [5, 5.41) is 11.0. The van der Waals surface area contributed by atoms with Crippen LogP contribution in [0.15, 0.2) is 0 Å². The number of nitrogens with two attached hydrogens (primary N) is 1. The number of aryl methyl sites for hydroxylation is 1. The first-order valence-electron chi connectivity index (χ1n) is 3.53. The molecule has 5 nitrogen and oxygen atoms in total. The van der Waals surface area contributed by atoms with Gasteiger partial charge in [0, 0.05) is 0 Å². The Morgan fingerprint density at radius 2 is 2.54 bits per heavy atom. The summed E-state index contributed by atoms with van der Waals surface area (Å²) >= 11 is 1.12. The molecular weight excluding hydrogens is 188 g/mol. The van der Waals surface area contributed by atoms with Gasteiger partial charge in [-0.15, -0.1) is 0 Å². The third kappa shape index (κ3) is 2.16. The Hall–Kier alpha value is -1.61. The smallest absolute Gasteiger partial charge is 0.264 e. The van der Waals surface area contributed by atoms with Crippen LogP contribution in [0.2, 0.25) is 0 Å². The summed E-state index contributed by atoms with van der Waals surface area (Å²) in [6.45, 7) is 1.70. The zero-order chi connectivity index (χ0) is 9.84. The van der Waals surface area contributed by atoms with Gasteiger partial charge in [-0.3, -0.25) is 4.79 Å². The minimum atomic E-state index is -0.298. The lowest BCUT2D eigenvalue weighted by Crippen LogP contribution is -2.23. The second-order valence-corrected chi connectivity index (χ2v) is 3.34. The van der Waals surface area contributed by atoms with Crippen molar-refractivity contribution in [3.05, 3.63) is 10.6 Å². The summed E-state index contributed by atoms with van der Waals surface area (Å²) in [7, 11) is 0. The zero-order valence-corrected chi connectivity index (χ0v) is 7.81. The van der Waals surface area contributed by atoms with Gasteiger partial charge in [0.15, 0.2) is 5.13 Å². The fourth-order valence-electron chi connectivity index (χ4n) is 0.828. The largest absolute Gasteiger partial charge is 0.375 e. The van der Waals surface area contributed by atoms with E-state index in [1.54, 1.807) is 6.92 Å². The van der Waals surface area contributed by atoms with Crippen molar-refractivity contribution >= 4 is 22.4 Å². The second-order valence-electron chi connectivity index (χ2n) is 2.31. The molecule has 0 fully saturated rings. The topological polar surface area (TPSA) is 91.8 Å². The average molecular weight is 196 g/mol. The molecule has 0 atom stereocenters. The molecule has 0 aromatic carbocycles. The molecule has 0 aliphatic carbocycles. The lowest BCUT2D eigenvalue weighted by atomic mass is 10.4. The standard InChI is InChI=1S/C7H8N4OS/c1-4-5(13-7(9)11-4)6(12)10-3-2-8/h3H2,1H3,(H2,9,11)(H,10,12). The number of nitrogens with one attached hydrogen (secondary N) is 1. The molecule has 0 aliphatic heterocycles. The number of nitrogens with zero attached hydrogens (tertiary/aromatic N) is 2. The number of aromatic nitrogens is 1. The molecule has 1 aromatic rings. The number of anilines is 1. The van der Waals surface area contributed by atoms with Crippen molar-refractivity contribution < 1.29 is 4.79 Å². The summed E-state index contributed by atoms with van der Waals surface area (Å²) in [4.78, 5) is 15.6. The summed E-state index contributed by atoms with van der Waals surface area (Å²) in [5.41, 5.74) is 6.00. The van der Waals surface area contributed by atoms with Crippen molar-refractivity contribution in [2.24, 2.45) is 0 Å². The van der Waals surface area contributed by atoms with Crippen LogP contribution in [0.3, 0.4) is 0 Å². The number of nitriles is 1. The minimum absolute atomic E-state index is 0.00389. The Bertz CT molecular complexity index is 365.